The number of anilines is 1. The van der Waals surface area contributed by atoms with Crippen molar-refractivity contribution in [2.75, 3.05) is 38.3 Å². The number of thioether (sulfide) groups is 1. The van der Waals surface area contributed by atoms with Crippen LogP contribution in [0.1, 0.15) is 74.8 Å². The number of carbonyl (C=O) groups is 6. The molecule has 0 unspecified atom stereocenters. The summed E-state index contributed by atoms with van der Waals surface area (Å²) >= 11 is 2.68. The Kier molecular flexibility index (Phi) is 18.1. The second kappa shape index (κ2) is 22.9. The number of rotatable bonds is 25. The summed E-state index contributed by atoms with van der Waals surface area (Å²) in [6.45, 7) is 1.17. The van der Waals surface area contributed by atoms with Crippen molar-refractivity contribution in [3.05, 3.63) is 59.1 Å². The minimum atomic E-state index is -1.13. The molecular formula is C40H52N6O9S2. The van der Waals surface area contributed by atoms with Crippen molar-refractivity contribution in [3.63, 3.8) is 0 Å². The van der Waals surface area contributed by atoms with Gasteiger partial charge < -0.3 is 36.2 Å². The van der Waals surface area contributed by atoms with Gasteiger partial charge in [0.2, 0.25) is 11.8 Å². The van der Waals surface area contributed by atoms with Crippen LogP contribution in [0.5, 0.6) is 0 Å². The van der Waals surface area contributed by atoms with Gasteiger partial charge in [0, 0.05) is 36.1 Å². The Hall–Kier alpha value is -4.71. The number of carboxylic acid groups (broad SMARTS) is 2. The molecule has 4 rings (SSSR count). The van der Waals surface area contributed by atoms with Gasteiger partial charge in [-0.2, -0.15) is 0 Å². The molecule has 15 nitrogen and oxygen atoms in total. The number of benzene rings is 2. The number of carbonyl (C=O) groups excluding carboxylic acids is 4. The molecule has 17 heteroatoms. The highest BCUT2D eigenvalue weighted by atomic mass is 32.2. The first-order chi connectivity index (χ1) is 27.3. The highest BCUT2D eigenvalue weighted by Crippen LogP contribution is 2.32. The topological polar surface area (TPSA) is 231 Å². The molecular weight excluding hydrogens is 773 g/mol. The summed E-state index contributed by atoms with van der Waals surface area (Å²) in [6.07, 6.45) is 2.23. The third-order valence-electron chi connectivity index (χ3n) is 9.39. The van der Waals surface area contributed by atoms with Gasteiger partial charge in [0.25, 0.3) is 0 Å². The third kappa shape index (κ3) is 15.0. The second-order valence-electron chi connectivity index (χ2n) is 14.3. The molecule has 0 radical (unpaired) electrons. The van der Waals surface area contributed by atoms with Gasteiger partial charge in [-0.15, -0.1) is 23.1 Å². The molecule has 4 atom stereocenters. The van der Waals surface area contributed by atoms with Gasteiger partial charge in [-0.05, 0) is 89.5 Å². The summed E-state index contributed by atoms with van der Waals surface area (Å²) in [5.74, 6) is -5.58. The first-order valence-corrected chi connectivity index (χ1v) is 20.9. The minimum absolute atomic E-state index is 0.00343. The number of aliphatic carboxylic acids is 2. The van der Waals surface area contributed by atoms with Gasteiger partial charge >= 0.3 is 17.9 Å². The fourth-order valence-electron chi connectivity index (χ4n) is 6.20. The molecule has 2 amide bonds. The number of nitrogens with zero attached hydrogens (tertiary/aromatic N) is 3. The van der Waals surface area contributed by atoms with Crippen LogP contribution in [-0.2, 0) is 40.1 Å². The fraction of sp³-hybridized carbons (Fsp3) is 0.500. The SMILES string of the molecule is CN(C)CCCC[C@H](NC(=O)[C@H](CCC(=O)O)CC(=O)OCc1ccccc1)C(=O)C[C@@H](CCCCN)C(=O)Nc1ccc2nc(C3=N[C@@H](C(=O)O)CS3)sc2c1. The Balaban J connectivity index is 1.48. The molecule has 1 aliphatic heterocycles. The molecule has 0 spiro atoms. The summed E-state index contributed by atoms with van der Waals surface area (Å²) in [5, 5.41) is 25.6. The lowest BCUT2D eigenvalue weighted by Crippen LogP contribution is -2.45. The lowest BCUT2D eigenvalue weighted by Gasteiger charge is -2.24. The minimum Gasteiger partial charge on any atom is -0.481 e. The number of unbranched alkanes of at least 4 members (excludes halogenated alkanes) is 2. The van der Waals surface area contributed by atoms with E-state index in [2.05, 4.69) is 20.6 Å². The van der Waals surface area contributed by atoms with E-state index in [1.165, 1.54) is 23.1 Å². The molecule has 308 valence electrons. The number of carboxylic acids is 2. The number of nitrogens with two attached hydrogens (primary N) is 1. The normalized spacial score (nSPS) is 15.4. The van der Waals surface area contributed by atoms with E-state index >= 15 is 0 Å². The van der Waals surface area contributed by atoms with E-state index in [4.69, 9.17) is 10.5 Å². The molecule has 57 heavy (non-hydrogen) atoms. The highest BCUT2D eigenvalue weighted by Gasteiger charge is 2.31. The van der Waals surface area contributed by atoms with E-state index < -0.39 is 47.7 Å². The molecule has 1 aliphatic rings. The van der Waals surface area contributed by atoms with Crippen LogP contribution in [-0.4, -0.2) is 106 Å². The summed E-state index contributed by atoms with van der Waals surface area (Å²) in [5.41, 5.74) is 7.68. The van der Waals surface area contributed by atoms with Crippen molar-refractivity contribution in [2.45, 2.75) is 82.9 Å². The molecule has 0 saturated heterocycles. The van der Waals surface area contributed by atoms with Crippen LogP contribution >= 0.6 is 23.1 Å². The zero-order valence-electron chi connectivity index (χ0n) is 32.3. The van der Waals surface area contributed by atoms with E-state index in [0.717, 1.165) is 23.2 Å². The number of thiazole rings is 1. The van der Waals surface area contributed by atoms with E-state index in [9.17, 15) is 39.0 Å². The molecule has 0 bridgehead atoms. The van der Waals surface area contributed by atoms with Gasteiger partial charge in [-0.1, -0.05) is 36.8 Å². The average molecular weight is 825 g/mol. The van der Waals surface area contributed by atoms with Crippen molar-refractivity contribution in [3.8, 4) is 0 Å². The molecule has 1 aromatic heterocycles. The Labute approximate surface area is 340 Å². The number of ether oxygens (including phenoxy) is 1. The number of aliphatic imine (C=N–C) groups is 1. The number of nitrogens with one attached hydrogen (secondary N) is 2. The maximum Gasteiger partial charge on any atom is 0.329 e. The van der Waals surface area contributed by atoms with Crippen LogP contribution in [0.25, 0.3) is 10.2 Å². The zero-order valence-corrected chi connectivity index (χ0v) is 33.9. The number of esters is 1. The van der Waals surface area contributed by atoms with Gasteiger partial charge in [-0.3, -0.25) is 29.0 Å². The van der Waals surface area contributed by atoms with Gasteiger partial charge in [0.15, 0.2) is 11.8 Å². The van der Waals surface area contributed by atoms with Crippen LogP contribution in [0, 0.1) is 11.8 Å². The van der Waals surface area contributed by atoms with Crippen molar-refractivity contribution in [1.82, 2.24) is 15.2 Å². The second-order valence-corrected chi connectivity index (χ2v) is 16.3. The summed E-state index contributed by atoms with van der Waals surface area (Å²) in [6, 6.07) is 12.5. The number of amides is 2. The van der Waals surface area contributed by atoms with Gasteiger partial charge in [0.1, 0.15) is 16.7 Å². The molecule has 0 fully saturated rings. The first kappa shape index (κ1) is 45.0. The Morgan fingerprint density at radius 1 is 0.930 bits per heavy atom. The lowest BCUT2D eigenvalue weighted by molar-refractivity contribution is -0.149. The molecule has 0 saturated carbocycles. The molecule has 2 heterocycles. The van der Waals surface area contributed by atoms with Crippen molar-refractivity contribution in [1.29, 1.82) is 0 Å². The summed E-state index contributed by atoms with van der Waals surface area (Å²) in [4.78, 5) is 88.2. The predicted octanol–water partition coefficient (Wildman–Crippen LogP) is 4.72. The van der Waals surface area contributed by atoms with Crippen molar-refractivity contribution < 1.29 is 43.7 Å². The fourth-order valence-corrected chi connectivity index (χ4v) is 8.31. The summed E-state index contributed by atoms with van der Waals surface area (Å²) < 4.78 is 6.15. The molecule has 0 aliphatic carbocycles. The molecule has 3 aromatic rings. The summed E-state index contributed by atoms with van der Waals surface area (Å²) in [7, 11) is 3.87. The van der Waals surface area contributed by atoms with Crippen LogP contribution in [0.2, 0.25) is 0 Å². The average Bonchev–Trinajstić information content (AvgIpc) is 3.85. The van der Waals surface area contributed by atoms with Gasteiger partial charge in [0.05, 0.1) is 22.7 Å². The maximum absolute atomic E-state index is 14.1. The third-order valence-corrected chi connectivity index (χ3v) is 11.6. The number of hydrogen-bond donors (Lipinski definition) is 5. The number of hydrogen-bond acceptors (Lipinski definition) is 13. The number of aromatic nitrogens is 1. The van der Waals surface area contributed by atoms with Crippen LogP contribution < -0.4 is 16.4 Å². The standard InChI is InChI=1S/C40H52N6O9S2/c1-46(2)19-9-7-13-29(43-37(52)27(14-17-34(48)49)21-35(50)55-23-25-10-4-3-5-11-25)32(47)20-26(12-6-8-18-41)36(51)42-28-15-16-30-33(22-28)57-39(44-30)38-45-31(24-56-38)40(53)54/h3-5,10-11,15-16,22,26-27,29,31H,6-9,12-14,17-21,23-24,41H2,1-2H3,(H,42,51)(H,43,52)(H,48,49)(H,53,54)/t26-,27-,29+,31-/m1/s1. The smallest absolute Gasteiger partial charge is 0.329 e. The Morgan fingerprint density at radius 3 is 2.35 bits per heavy atom. The Morgan fingerprint density at radius 2 is 1.67 bits per heavy atom. The lowest BCUT2D eigenvalue weighted by atomic mass is 9.90. The number of fused-ring (bicyclic) bond motifs is 1. The predicted molar refractivity (Wildman–Crippen MR) is 220 cm³/mol. The van der Waals surface area contributed by atoms with Crippen LogP contribution in [0.15, 0.2) is 53.5 Å². The van der Waals surface area contributed by atoms with E-state index in [0.29, 0.717) is 65.7 Å². The number of Topliss-reactive ketones (excluding diaryl/α,β-unsaturated/α-hetero) is 1. The monoisotopic (exact) mass is 824 g/mol. The maximum atomic E-state index is 14.1. The van der Waals surface area contributed by atoms with Crippen LogP contribution in [0.4, 0.5) is 5.69 Å². The zero-order chi connectivity index (χ0) is 41.3. The van der Waals surface area contributed by atoms with Crippen LogP contribution in [0.3, 0.4) is 0 Å². The molecule has 6 N–H and O–H groups in total. The first-order valence-electron chi connectivity index (χ1n) is 19.1. The molecule has 2 aromatic carbocycles. The van der Waals surface area contributed by atoms with Crippen molar-refractivity contribution >= 4 is 79.6 Å². The van der Waals surface area contributed by atoms with Gasteiger partial charge in [-0.25, -0.2) is 9.78 Å². The van der Waals surface area contributed by atoms with Crippen molar-refractivity contribution in [2.24, 2.45) is 22.6 Å². The number of ketones is 1. The Bertz CT molecular complexity index is 1890. The quantitative estimate of drug-likeness (QED) is 0.0576. The van der Waals surface area contributed by atoms with E-state index in [1.807, 2.05) is 25.1 Å². The largest absolute Gasteiger partial charge is 0.481 e. The van der Waals surface area contributed by atoms with E-state index in [-0.39, 0.29) is 44.0 Å². The van der Waals surface area contributed by atoms with E-state index in [1.54, 1.807) is 42.5 Å². The highest BCUT2D eigenvalue weighted by molar-refractivity contribution is 8.15.